The summed E-state index contributed by atoms with van der Waals surface area (Å²) < 4.78 is 5.38. The van der Waals surface area contributed by atoms with E-state index in [4.69, 9.17) is 0 Å². The predicted molar refractivity (Wildman–Crippen MR) is 32.8 cm³/mol. The molecule has 0 spiro atoms. The Kier molecular flexibility index (Phi) is 1.97. The summed E-state index contributed by atoms with van der Waals surface area (Å²) in [6.07, 6.45) is 1.28. The highest BCUT2D eigenvalue weighted by Gasteiger charge is 2.02. The summed E-state index contributed by atoms with van der Waals surface area (Å²) in [7, 11) is 2.09. The Bertz CT molecular complexity index is 51.7. The summed E-state index contributed by atoms with van der Waals surface area (Å²) in [5.74, 6) is 0. The average molecular weight is 118 g/mol. The maximum absolute atomic E-state index is 3.18. The molecule has 7 heavy (non-hydrogen) atoms. The monoisotopic (exact) mass is 118 g/mol. The van der Waals surface area contributed by atoms with Crippen LogP contribution in [0.2, 0.25) is 0 Å². The molecule has 0 aromatic rings. The molecule has 0 aromatic heterocycles. The van der Waals surface area contributed by atoms with E-state index < -0.39 is 0 Å². The van der Waals surface area contributed by atoms with Gasteiger partial charge in [0.25, 0.3) is 0 Å². The topological polar surface area (TPSA) is 15.3 Å². The molecule has 0 radical (unpaired) electrons. The third kappa shape index (κ3) is 1.67. The first-order chi connectivity index (χ1) is 3.39. The fraction of sp³-hybridized carbons (Fsp3) is 1.00. The Hall–Kier alpha value is 0.270. The highest BCUT2D eigenvalue weighted by molar-refractivity contribution is 7.95. The lowest BCUT2D eigenvalue weighted by molar-refractivity contribution is 0.511. The van der Waals surface area contributed by atoms with E-state index >= 15 is 0 Å². The molecule has 0 aromatic carbocycles. The Morgan fingerprint density at radius 2 is 2.57 bits per heavy atom. The Labute approximate surface area is 48.5 Å². The molecule has 1 aliphatic rings. The summed E-state index contributed by atoms with van der Waals surface area (Å²) in [4.78, 5) is 0. The van der Waals surface area contributed by atoms with Crippen molar-refractivity contribution in [2.75, 3.05) is 20.1 Å². The Morgan fingerprint density at radius 1 is 1.71 bits per heavy atom. The van der Waals surface area contributed by atoms with Crippen LogP contribution in [0.3, 0.4) is 0 Å². The van der Waals surface area contributed by atoms with Crippen molar-refractivity contribution < 1.29 is 0 Å². The van der Waals surface area contributed by atoms with Crippen molar-refractivity contribution in [3.8, 4) is 0 Å². The molecule has 2 nitrogen and oxygen atoms in total. The summed E-state index contributed by atoms with van der Waals surface area (Å²) in [5.41, 5.74) is 0. The zero-order chi connectivity index (χ0) is 5.11. The van der Waals surface area contributed by atoms with Gasteiger partial charge in [-0.25, -0.2) is 4.31 Å². The predicted octanol–water partition coefficient (Wildman–Crippen LogP) is 0.475. The zero-order valence-corrected chi connectivity index (χ0v) is 5.29. The molecule has 0 bridgehead atoms. The Morgan fingerprint density at radius 3 is 2.86 bits per heavy atom. The second-order valence-corrected chi connectivity index (χ2v) is 2.79. The minimum absolute atomic E-state index is 1.16. The molecule has 0 amide bonds. The molecule has 1 rings (SSSR count). The molecule has 1 heterocycles. The van der Waals surface area contributed by atoms with Crippen molar-refractivity contribution in [3.63, 3.8) is 0 Å². The molecule has 1 fully saturated rings. The van der Waals surface area contributed by atoms with Crippen LogP contribution in [0.25, 0.3) is 0 Å². The van der Waals surface area contributed by atoms with Crippen molar-refractivity contribution >= 4 is 12.1 Å². The van der Waals surface area contributed by atoms with Crippen molar-refractivity contribution in [1.82, 2.24) is 9.03 Å². The number of nitrogens with one attached hydrogen (secondary N) is 1. The van der Waals surface area contributed by atoms with E-state index in [9.17, 15) is 0 Å². The number of hydrogen-bond acceptors (Lipinski definition) is 3. The van der Waals surface area contributed by atoms with Crippen LogP contribution in [0.15, 0.2) is 0 Å². The zero-order valence-electron chi connectivity index (χ0n) is 4.48. The van der Waals surface area contributed by atoms with Gasteiger partial charge in [-0.15, -0.1) is 0 Å². The molecule has 3 heteroatoms. The van der Waals surface area contributed by atoms with Gasteiger partial charge in [-0.2, -0.15) is 0 Å². The lowest BCUT2D eigenvalue weighted by Gasteiger charge is -2.20. The van der Waals surface area contributed by atoms with Gasteiger partial charge in [0.05, 0.1) is 0 Å². The lowest BCUT2D eigenvalue weighted by atomic mass is 10.4. The molecule has 0 saturated carbocycles. The molecule has 0 atom stereocenters. The second-order valence-electron chi connectivity index (χ2n) is 1.69. The fourth-order valence-electron chi connectivity index (χ4n) is 0.575. The average Bonchev–Trinajstić information content (AvgIpc) is 1.69. The van der Waals surface area contributed by atoms with E-state index in [0.717, 1.165) is 6.54 Å². The van der Waals surface area contributed by atoms with Gasteiger partial charge < -0.3 is 0 Å². The maximum Gasteiger partial charge on any atom is 0.0111 e. The van der Waals surface area contributed by atoms with Crippen molar-refractivity contribution in [2.45, 2.75) is 6.42 Å². The standard InChI is InChI=1S/C4H10N2S/c1-6-4-2-3-5-7-6/h5H,2-4H2,1H3. The Balaban J connectivity index is 2.12. The summed E-state index contributed by atoms with van der Waals surface area (Å²) in [6.45, 7) is 2.38. The molecule has 0 unspecified atom stereocenters. The third-order valence-corrected chi connectivity index (χ3v) is 1.80. The van der Waals surface area contributed by atoms with E-state index in [0.29, 0.717) is 0 Å². The van der Waals surface area contributed by atoms with Crippen molar-refractivity contribution in [3.05, 3.63) is 0 Å². The fourth-order valence-corrected chi connectivity index (χ4v) is 1.25. The van der Waals surface area contributed by atoms with Crippen LogP contribution in [0.5, 0.6) is 0 Å². The van der Waals surface area contributed by atoms with Gasteiger partial charge in [0.15, 0.2) is 0 Å². The van der Waals surface area contributed by atoms with Gasteiger partial charge in [0, 0.05) is 25.2 Å². The molecule has 1 N–H and O–H groups in total. The van der Waals surface area contributed by atoms with E-state index in [1.165, 1.54) is 13.0 Å². The molecular weight excluding hydrogens is 108 g/mol. The number of nitrogens with zero attached hydrogens (tertiary/aromatic N) is 1. The van der Waals surface area contributed by atoms with Gasteiger partial charge in [0.1, 0.15) is 0 Å². The minimum Gasteiger partial charge on any atom is -0.251 e. The van der Waals surface area contributed by atoms with Crippen LogP contribution in [0.1, 0.15) is 6.42 Å². The SMILES string of the molecule is CN1CCCNS1. The third-order valence-electron chi connectivity index (χ3n) is 0.972. The second kappa shape index (κ2) is 2.55. The summed E-state index contributed by atoms with van der Waals surface area (Å²) >= 11 is 1.70. The number of rotatable bonds is 0. The van der Waals surface area contributed by atoms with E-state index in [-0.39, 0.29) is 0 Å². The largest absolute Gasteiger partial charge is 0.251 e. The normalized spacial score (nSPS) is 25.3. The molecule has 0 aliphatic carbocycles. The first-order valence-electron chi connectivity index (χ1n) is 2.50. The lowest BCUT2D eigenvalue weighted by Crippen LogP contribution is -2.26. The highest BCUT2D eigenvalue weighted by atomic mass is 32.2. The molecule has 1 saturated heterocycles. The van der Waals surface area contributed by atoms with Crippen molar-refractivity contribution in [2.24, 2.45) is 0 Å². The van der Waals surface area contributed by atoms with Gasteiger partial charge >= 0.3 is 0 Å². The first-order valence-corrected chi connectivity index (χ1v) is 3.28. The number of hydrogen-bond donors (Lipinski definition) is 1. The van der Waals surface area contributed by atoms with Crippen LogP contribution >= 0.6 is 12.1 Å². The summed E-state index contributed by atoms with van der Waals surface area (Å²) in [6, 6.07) is 0. The smallest absolute Gasteiger partial charge is 0.0111 e. The van der Waals surface area contributed by atoms with E-state index in [1.54, 1.807) is 12.1 Å². The van der Waals surface area contributed by atoms with E-state index in [2.05, 4.69) is 16.1 Å². The van der Waals surface area contributed by atoms with Crippen LogP contribution < -0.4 is 4.72 Å². The highest BCUT2D eigenvalue weighted by Crippen LogP contribution is 2.06. The van der Waals surface area contributed by atoms with Gasteiger partial charge in [-0.1, -0.05) is 0 Å². The van der Waals surface area contributed by atoms with Crippen LogP contribution in [-0.4, -0.2) is 24.4 Å². The summed E-state index contributed by atoms with van der Waals surface area (Å²) in [5, 5.41) is 0. The molecule has 42 valence electrons. The quantitative estimate of drug-likeness (QED) is 0.466. The van der Waals surface area contributed by atoms with Crippen LogP contribution in [0, 0.1) is 0 Å². The van der Waals surface area contributed by atoms with E-state index in [1.807, 2.05) is 0 Å². The molecule has 1 aliphatic heterocycles. The van der Waals surface area contributed by atoms with Gasteiger partial charge in [0.2, 0.25) is 0 Å². The van der Waals surface area contributed by atoms with Crippen molar-refractivity contribution in [1.29, 1.82) is 0 Å². The van der Waals surface area contributed by atoms with Gasteiger partial charge in [-0.3, -0.25) is 4.72 Å². The van der Waals surface area contributed by atoms with Crippen LogP contribution in [-0.2, 0) is 0 Å². The molecular formula is C4H10N2S. The van der Waals surface area contributed by atoms with Crippen LogP contribution in [0.4, 0.5) is 0 Å². The first kappa shape index (κ1) is 5.41. The minimum atomic E-state index is 1.16. The van der Waals surface area contributed by atoms with Gasteiger partial charge in [-0.05, 0) is 13.5 Å². The maximum atomic E-state index is 3.18.